The Balaban J connectivity index is 1.73. The molecule has 6 nitrogen and oxygen atoms in total. The van der Waals surface area contributed by atoms with Crippen LogP contribution in [0.2, 0.25) is 0 Å². The Bertz CT molecular complexity index is 887. The number of carbonyl (C=O) groups excluding carboxylic acids is 1. The summed E-state index contributed by atoms with van der Waals surface area (Å²) in [4.78, 5) is 21.6. The van der Waals surface area contributed by atoms with Gasteiger partial charge in [0, 0.05) is 26.7 Å². The summed E-state index contributed by atoms with van der Waals surface area (Å²) in [7, 11) is 6.02. The fraction of sp³-hybridized carbons (Fsp3) is 0.400. The number of aromatic nitrogens is 2. The second-order valence-electron chi connectivity index (χ2n) is 7.05. The van der Waals surface area contributed by atoms with Gasteiger partial charge in [-0.05, 0) is 55.5 Å². The van der Waals surface area contributed by atoms with E-state index in [1.807, 2.05) is 67.2 Å². The summed E-state index contributed by atoms with van der Waals surface area (Å²) in [5, 5.41) is 7.25. The van der Waals surface area contributed by atoms with E-state index in [-0.39, 0.29) is 12.1 Å². The molecule has 0 bridgehead atoms. The molecule has 2 aromatic heterocycles. The van der Waals surface area contributed by atoms with Crippen molar-refractivity contribution in [1.29, 1.82) is 0 Å². The van der Waals surface area contributed by atoms with E-state index >= 15 is 0 Å². The molecule has 144 valence electrons. The minimum Gasteiger partial charge on any atom is -0.329 e. The maximum absolute atomic E-state index is 13.0. The Labute approximate surface area is 164 Å². The van der Waals surface area contributed by atoms with Gasteiger partial charge in [-0.15, -0.1) is 0 Å². The molecule has 0 saturated heterocycles. The van der Waals surface area contributed by atoms with E-state index in [1.54, 1.807) is 11.3 Å². The average Bonchev–Trinajstić information content (AvgIpc) is 3.26. The molecule has 7 heteroatoms. The number of para-hydroxylation sites is 2. The van der Waals surface area contributed by atoms with E-state index in [0.29, 0.717) is 13.1 Å². The van der Waals surface area contributed by atoms with Crippen molar-refractivity contribution in [3.63, 3.8) is 0 Å². The van der Waals surface area contributed by atoms with E-state index < -0.39 is 0 Å². The van der Waals surface area contributed by atoms with E-state index in [9.17, 15) is 4.79 Å². The van der Waals surface area contributed by atoms with Crippen LogP contribution in [0.4, 0.5) is 4.79 Å². The van der Waals surface area contributed by atoms with Crippen LogP contribution in [0.25, 0.3) is 11.0 Å². The Hall–Kier alpha value is -2.38. The normalized spacial score (nSPS) is 12.5. The number of rotatable bonds is 7. The number of hydrogen-bond donors (Lipinski definition) is 1. The lowest BCUT2D eigenvalue weighted by Crippen LogP contribution is -2.43. The topological polar surface area (TPSA) is 53.4 Å². The predicted octanol–water partition coefficient (Wildman–Crippen LogP) is 3.47. The number of carbonyl (C=O) groups is 1. The Morgan fingerprint density at radius 1 is 1.26 bits per heavy atom. The van der Waals surface area contributed by atoms with Crippen molar-refractivity contribution < 1.29 is 4.79 Å². The maximum atomic E-state index is 13.0. The lowest BCUT2D eigenvalue weighted by molar-refractivity contribution is 0.185. The number of nitrogens with zero attached hydrogens (tertiary/aromatic N) is 4. The highest BCUT2D eigenvalue weighted by molar-refractivity contribution is 7.07. The number of thiophene rings is 1. The third-order valence-electron chi connectivity index (χ3n) is 4.61. The molecule has 0 aliphatic rings. The summed E-state index contributed by atoms with van der Waals surface area (Å²) in [5.74, 6) is 0.854. The Kier molecular flexibility index (Phi) is 6.13. The van der Waals surface area contributed by atoms with Crippen molar-refractivity contribution in [1.82, 2.24) is 24.7 Å². The van der Waals surface area contributed by atoms with Gasteiger partial charge in [0.1, 0.15) is 5.82 Å². The van der Waals surface area contributed by atoms with E-state index in [4.69, 9.17) is 4.98 Å². The van der Waals surface area contributed by atoms with Crippen molar-refractivity contribution in [2.24, 2.45) is 7.05 Å². The largest absolute Gasteiger partial charge is 0.329 e. The number of aryl methyl sites for hydroxylation is 1. The number of urea groups is 1. The van der Waals surface area contributed by atoms with Crippen LogP contribution in [0.1, 0.15) is 24.4 Å². The zero-order valence-corrected chi connectivity index (χ0v) is 17.2. The van der Waals surface area contributed by atoms with Crippen LogP contribution in [0.5, 0.6) is 0 Å². The van der Waals surface area contributed by atoms with Crippen LogP contribution in [0, 0.1) is 0 Å². The summed E-state index contributed by atoms with van der Waals surface area (Å²) in [6.07, 6.45) is 0. The highest BCUT2D eigenvalue weighted by Gasteiger charge is 2.20. The minimum absolute atomic E-state index is 0.0670. The third kappa shape index (κ3) is 4.67. The van der Waals surface area contributed by atoms with Crippen molar-refractivity contribution in [3.8, 4) is 0 Å². The molecule has 1 N–H and O–H groups in total. The van der Waals surface area contributed by atoms with Gasteiger partial charge in [0.25, 0.3) is 0 Å². The lowest BCUT2D eigenvalue weighted by Gasteiger charge is -2.26. The maximum Gasteiger partial charge on any atom is 0.318 e. The smallest absolute Gasteiger partial charge is 0.318 e. The first-order chi connectivity index (χ1) is 13.0. The second-order valence-corrected chi connectivity index (χ2v) is 7.83. The zero-order valence-electron chi connectivity index (χ0n) is 16.3. The second kappa shape index (κ2) is 8.54. The molecule has 0 spiro atoms. The average molecular weight is 386 g/mol. The molecule has 3 rings (SSSR count). The molecule has 2 amide bonds. The fourth-order valence-electron chi connectivity index (χ4n) is 3.07. The molecule has 0 aliphatic carbocycles. The van der Waals surface area contributed by atoms with E-state index in [2.05, 4.69) is 21.7 Å². The molecule has 0 saturated carbocycles. The number of hydrogen-bond acceptors (Lipinski definition) is 4. The zero-order chi connectivity index (χ0) is 19.4. The van der Waals surface area contributed by atoms with Gasteiger partial charge in [0.15, 0.2) is 0 Å². The molecular formula is C20H27N5OS. The molecule has 1 atom stereocenters. The Morgan fingerprint density at radius 2 is 2.04 bits per heavy atom. The first kappa shape index (κ1) is 19.4. The standard InChI is InChI=1S/C20H27N5OS/c1-15(19-22-17-7-5-6-8-18(17)24(19)4)21-20(26)25(11-10-23(2)3)13-16-9-12-27-14-16/h5-9,12,14-15H,10-11,13H2,1-4H3,(H,21,26)/t15-/m0/s1. The van der Waals surface area contributed by atoms with Crippen LogP contribution in [0.3, 0.4) is 0 Å². The van der Waals surface area contributed by atoms with Gasteiger partial charge >= 0.3 is 6.03 Å². The molecule has 0 fully saturated rings. The predicted molar refractivity (Wildman–Crippen MR) is 111 cm³/mol. The van der Waals surface area contributed by atoms with Crippen LogP contribution >= 0.6 is 11.3 Å². The number of likely N-dealkylation sites (N-methyl/N-ethyl adjacent to an activating group) is 1. The number of imidazole rings is 1. The molecule has 0 unspecified atom stereocenters. The van der Waals surface area contributed by atoms with Crippen molar-refractivity contribution >= 4 is 28.4 Å². The highest BCUT2D eigenvalue weighted by atomic mass is 32.1. The summed E-state index contributed by atoms with van der Waals surface area (Å²) in [5.41, 5.74) is 3.17. The summed E-state index contributed by atoms with van der Waals surface area (Å²) >= 11 is 1.65. The fourth-order valence-corrected chi connectivity index (χ4v) is 3.73. The number of benzene rings is 1. The van der Waals surface area contributed by atoms with Gasteiger partial charge in [-0.2, -0.15) is 11.3 Å². The molecule has 1 aromatic carbocycles. The SMILES string of the molecule is C[C@H](NC(=O)N(CCN(C)C)Cc1ccsc1)c1nc2ccccc2n1C. The number of amides is 2. The Morgan fingerprint density at radius 3 is 2.70 bits per heavy atom. The summed E-state index contributed by atoms with van der Waals surface area (Å²) < 4.78 is 2.04. The van der Waals surface area contributed by atoms with Crippen LogP contribution in [0.15, 0.2) is 41.1 Å². The number of fused-ring (bicyclic) bond motifs is 1. The highest BCUT2D eigenvalue weighted by Crippen LogP contribution is 2.19. The lowest BCUT2D eigenvalue weighted by atomic mass is 10.3. The van der Waals surface area contributed by atoms with Crippen molar-refractivity contribution in [2.45, 2.75) is 19.5 Å². The van der Waals surface area contributed by atoms with E-state index in [1.165, 1.54) is 0 Å². The van der Waals surface area contributed by atoms with Crippen molar-refractivity contribution in [3.05, 3.63) is 52.5 Å². The molecule has 0 radical (unpaired) electrons. The van der Waals surface area contributed by atoms with Gasteiger partial charge in [0.05, 0.1) is 17.1 Å². The first-order valence-electron chi connectivity index (χ1n) is 9.08. The van der Waals surface area contributed by atoms with Gasteiger partial charge in [-0.1, -0.05) is 12.1 Å². The molecule has 0 aliphatic heterocycles. The van der Waals surface area contributed by atoms with Gasteiger partial charge in [-0.25, -0.2) is 9.78 Å². The molecule has 3 aromatic rings. The molecule has 2 heterocycles. The quantitative estimate of drug-likeness (QED) is 0.678. The van der Waals surface area contributed by atoms with Crippen molar-refractivity contribution in [2.75, 3.05) is 27.2 Å². The summed E-state index contributed by atoms with van der Waals surface area (Å²) in [6, 6.07) is 9.83. The van der Waals surface area contributed by atoms with Gasteiger partial charge in [-0.3, -0.25) is 0 Å². The third-order valence-corrected chi connectivity index (χ3v) is 5.34. The monoisotopic (exact) mass is 385 g/mol. The van der Waals surface area contributed by atoms with Gasteiger partial charge < -0.3 is 19.7 Å². The molecule has 27 heavy (non-hydrogen) atoms. The van der Waals surface area contributed by atoms with Crippen LogP contribution in [-0.4, -0.2) is 52.6 Å². The minimum atomic E-state index is -0.181. The summed E-state index contributed by atoms with van der Waals surface area (Å²) in [6.45, 7) is 4.08. The van der Waals surface area contributed by atoms with E-state index in [0.717, 1.165) is 29.0 Å². The van der Waals surface area contributed by atoms with Crippen LogP contribution < -0.4 is 5.32 Å². The number of nitrogens with one attached hydrogen (secondary N) is 1. The van der Waals surface area contributed by atoms with Gasteiger partial charge in [0.2, 0.25) is 0 Å². The van der Waals surface area contributed by atoms with Crippen LogP contribution in [-0.2, 0) is 13.6 Å². The first-order valence-corrected chi connectivity index (χ1v) is 10.0. The molecular weight excluding hydrogens is 358 g/mol.